The molecule has 1 atom stereocenters. The fourth-order valence-electron chi connectivity index (χ4n) is 3.58. The van der Waals surface area contributed by atoms with Gasteiger partial charge in [0.2, 0.25) is 0 Å². The molecular formula is C25H34N2O4. The molecule has 0 amide bonds. The Hall–Kier alpha value is -2.31. The third kappa shape index (κ3) is 7.40. The Kier molecular flexibility index (Phi) is 8.55. The zero-order valence-electron chi connectivity index (χ0n) is 18.9. The van der Waals surface area contributed by atoms with Gasteiger partial charge in [-0.3, -0.25) is 0 Å². The molecule has 0 saturated carbocycles. The molecule has 2 aromatic rings. The predicted octanol–water partition coefficient (Wildman–Crippen LogP) is 5.49. The number of aromatic nitrogens is 2. The van der Waals surface area contributed by atoms with Crippen molar-refractivity contribution in [1.29, 1.82) is 0 Å². The summed E-state index contributed by atoms with van der Waals surface area (Å²) in [7, 11) is 0. The summed E-state index contributed by atoms with van der Waals surface area (Å²) in [6.45, 7) is 5.99. The van der Waals surface area contributed by atoms with E-state index in [2.05, 4.69) is 16.9 Å². The Balaban J connectivity index is 1.44. The molecule has 1 aliphatic rings. The minimum Gasteiger partial charge on any atom is -0.425 e. The molecule has 0 radical (unpaired) electrons. The van der Waals surface area contributed by atoms with Crippen molar-refractivity contribution in [3.05, 3.63) is 42.2 Å². The van der Waals surface area contributed by atoms with Gasteiger partial charge in [-0.1, -0.05) is 45.4 Å². The SMILES string of the molecule is CCCCCCCCCc1cnc(-c2ccc(OC(=O)[C@H]3COC(C)(C)O3)cc2)nc1. The van der Waals surface area contributed by atoms with Crippen LogP contribution in [0.2, 0.25) is 0 Å². The molecule has 31 heavy (non-hydrogen) atoms. The number of esters is 1. The fraction of sp³-hybridized carbons (Fsp3) is 0.560. The van der Waals surface area contributed by atoms with Gasteiger partial charge < -0.3 is 14.2 Å². The quantitative estimate of drug-likeness (QED) is 0.269. The molecular weight excluding hydrogens is 392 g/mol. The van der Waals surface area contributed by atoms with E-state index >= 15 is 0 Å². The first kappa shape index (κ1) is 23.4. The van der Waals surface area contributed by atoms with E-state index < -0.39 is 17.9 Å². The number of carbonyl (C=O) groups is 1. The Morgan fingerprint density at radius 3 is 2.29 bits per heavy atom. The summed E-state index contributed by atoms with van der Waals surface area (Å²) >= 11 is 0. The number of rotatable bonds is 11. The Morgan fingerprint density at radius 1 is 1.03 bits per heavy atom. The van der Waals surface area contributed by atoms with Crippen molar-refractivity contribution in [3.8, 4) is 17.1 Å². The lowest BCUT2D eigenvalue weighted by Crippen LogP contribution is -2.30. The second kappa shape index (κ2) is 11.3. The molecule has 6 heteroatoms. The van der Waals surface area contributed by atoms with Crippen LogP contribution in [0.5, 0.6) is 5.75 Å². The van der Waals surface area contributed by atoms with Gasteiger partial charge in [-0.25, -0.2) is 14.8 Å². The smallest absolute Gasteiger partial charge is 0.343 e. The summed E-state index contributed by atoms with van der Waals surface area (Å²) in [6.07, 6.45) is 13.2. The molecule has 2 heterocycles. The number of hydrogen-bond acceptors (Lipinski definition) is 6. The van der Waals surface area contributed by atoms with Crippen LogP contribution in [0.1, 0.15) is 71.3 Å². The van der Waals surface area contributed by atoms with E-state index in [0.717, 1.165) is 12.0 Å². The summed E-state index contributed by atoms with van der Waals surface area (Å²) in [5.74, 6) is -0.0940. The lowest BCUT2D eigenvalue weighted by Gasteiger charge is -2.16. The summed E-state index contributed by atoms with van der Waals surface area (Å²) in [6, 6.07) is 7.18. The normalized spacial score (nSPS) is 17.6. The summed E-state index contributed by atoms with van der Waals surface area (Å²) in [4.78, 5) is 21.2. The Bertz CT molecular complexity index is 818. The van der Waals surface area contributed by atoms with E-state index in [9.17, 15) is 4.79 Å². The highest BCUT2D eigenvalue weighted by atomic mass is 16.8. The molecule has 0 unspecified atom stereocenters. The maximum absolute atomic E-state index is 12.2. The van der Waals surface area contributed by atoms with Gasteiger partial charge in [0, 0.05) is 18.0 Å². The molecule has 0 spiro atoms. The standard InChI is InChI=1S/C25H34N2O4/c1-4-5-6-7-8-9-10-11-19-16-26-23(27-17-19)20-12-14-21(15-13-20)30-24(28)22-18-29-25(2,3)31-22/h12-17,22H,4-11,18H2,1-3H3/t22-/m1/s1. The summed E-state index contributed by atoms with van der Waals surface area (Å²) in [5.41, 5.74) is 2.05. The topological polar surface area (TPSA) is 70.5 Å². The van der Waals surface area contributed by atoms with Crippen molar-refractivity contribution in [1.82, 2.24) is 9.97 Å². The van der Waals surface area contributed by atoms with Crippen LogP contribution in [0.4, 0.5) is 0 Å². The second-order valence-electron chi connectivity index (χ2n) is 8.55. The van der Waals surface area contributed by atoms with E-state index in [-0.39, 0.29) is 6.61 Å². The van der Waals surface area contributed by atoms with Crippen LogP contribution in [0.3, 0.4) is 0 Å². The van der Waals surface area contributed by atoms with Gasteiger partial charge in [0.15, 0.2) is 17.7 Å². The van der Waals surface area contributed by atoms with Gasteiger partial charge >= 0.3 is 5.97 Å². The number of carbonyl (C=O) groups excluding carboxylic acids is 1. The Morgan fingerprint density at radius 2 is 1.68 bits per heavy atom. The first-order chi connectivity index (χ1) is 15.0. The van der Waals surface area contributed by atoms with Gasteiger partial charge in [-0.2, -0.15) is 0 Å². The van der Waals surface area contributed by atoms with Gasteiger partial charge in [-0.15, -0.1) is 0 Å². The van der Waals surface area contributed by atoms with Crippen molar-refractivity contribution >= 4 is 5.97 Å². The molecule has 0 N–H and O–H groups in total. The molecule has 3 rings (SSSR count). The molecule has 1 saturated heterocycles. The summed E-state index contributed by atoms with van der Waals surface area (Å²) < 4.78 is 16.3. The van der Waals surface area contributed by atoms with Crippen molar-refractivity contribution in [2.45, 2.75) is 84.0 Å². The average molecular weight is 427 g/mol. The third-order valence-electron chi connectivity index (χ3n) is 5.38. The van der Waals surface area contributed by atoms with Gasteiger partial charge in [0.25, 0.3) is 0 Å². The molecule has 6 nitrogen and oxygen atoms in total. The highest BCUT2D eigenvalue weighted by molar-refractivity contribution is 5.77. The van der Waals surface area contributed by atoms with E-state index in [0.29, 0.717) is 11.6 Å². The van der Waals surface area contributed by atoms with Gasteiger partial charge in [0.05, 0.1) is 6.61 Å². The van der Waals surface area contributed by atoms with Crippen LogP contribution in [0, 0.1) is 0 Å². The zero-order valence-corrected chi connectivity index (χ0v) is 18.9. The van der Waals surface area contributed by atoms with E-state index in [1.54, 1.807) is 26.0 Å². The van der Waals surface area contributed by atoms with Gasteiger partial charge in [0.1, 0.15) is 5.75 Å². The second-order valence-corrected chi connectivity index (χ2v) is 8.55. The molecule has 1 aromatic carbocycles. The molecule has 168 valence electrons. The predicted molar refractivity (Wildman–Crippen MR) is 120 cm³/mol. The zero-order chi connectivity index (χ0) is 22.1. The van der Waals surface area contributed by atoms with Crippen molar-refractivity contribution in [3.63, 3.8) is 0 Å². The largest absolute Gasteiger partial charge is 0.425 e. The van der Waals surface area contributed by atoms with E-state index in [1.165, 1.54) is 50.5 Å². The van der Waals surface area contributed by atoms with Crippen LogP contribution in [-0.4, -0.2) is 34.4 Å². The number of benzene rings is 1. The lowest BCUT2D eigenvalue weighted by atomic mass is 10.1. The highest BCUT2D eigenvalue weighted by Crippen LogP contribution is 2.25. The molecule has 1 fully saturated rings. The maximum atomic E-state index is 12.2. The lowest BCUT2D eigenvalue weighted by molar-refractivity contribution is -0.162. The molecule has 0 aliphatic carbocycles. The third-order valence-corrected chi connectivity index (χ3v) is 5.38. The number of nitrogens with zero attached hydrogens (tertiary/aromatic N) is 2. The monoisotopic (exact) mass is 426 g/mol. The maximum Gasteiger partial charge on any atom is 0.343 e. The first-order valence-corrected chi connectivity index (χ1v) is 11.4. The van der Waals surface area contributed by atoms with Crippen LogP contribution in [-0.2, 0) is 20.7 Å². The van der Waals surface area contributed by atoms with E-state index in [1.807, 2.05) is 24.5 Å². The van der Waals surface area contributed by atoms with Crippen molar-refractivity contribution in [2.24, 2.45) is 0 Å². The highest BCUT2D eigenvalue weighted by Gasteiger charge is 2.38. The van der Waals surface area contributed by atoms with Crippen LogP contribution < -0.4 is 4.74 Å². The molecule has 0 bridgehead atoms. The number of aryl methyl sites for hydroxylation is 1. The van der Waals surface area contributed by atoms with Crippen LogP contribution >= 0.6 is 0 Å². The number of hydrogen-bond donors (Lipinski definition) is 0. The minimum absolute atomic E-state index is 0.197. The Labute approximate surface area is 185 Å². The van der Waals surface area contributed by atoms with Crippen LogP contribution in [0.15, 0.2) is 36.7 Å². The number of unbranched alkanes of at least 4 members (excludes halogenated alkanes) is 6. The van der Waals surface area contributed by atoms with Crippen molar-refractivity contribution in [2.75, 3.05) is 6.61 Å². The van der Waals surface area contributed by atoms with Crippen LogP contribution in [0.25, 0.3) is 11.4 Å². The molecule has 1 aliphatic heterocycles. The van der Waals surface area contributed by atoms with Crippen molar-refractivity contribution < 1.29 is 19.0 Å². The fourth-order valence-corrected chi connectivity index (χ4v) is 3.58. The first-order valence-electron chi connectivity index (χ1n) is 11.4. The van der Waals surface area contributed by atoms with E-state index in [4.69, 9.17) is 14.2 Å². The number of ether oxygens (including phenoxy) is 3. The minimum atomic E-state index is -0.758. The average Bonchev–Trinajstić information content (AvgIpc) is 3.14. The van der Waals surface area contributed by atoms with Gasteiger partial charge in [-0.05, 0) is 56.5 Å². The summed E-state index contributed by atoms with van der Waals surface area (Å²) in [5, 5.41) is 0. The molecule has 1 aromatic heterocycles.